The zero-order chi connectivity index (χ0) is 16.4. The molecule has 1 aliphatic carbocycles. The van der Waals surface area contributed by atoms with Crippen molar-refractivity contribution in [1.29, 1.82) is 0 Å². The first kappa shape index (κ1) is 17.9. The van der Waals surface area contributed by atoms with E-state index in [9.17, 15) is 0 Å². The highest BCUT2D eigenvalue weighted by Gasteiger charge is 2.22. The fourth-order valence-corrected chi connectivity index (χ4v) is 3.27. The molecule has 0 spiro atoms. The molecule has 1 saturated carbocycles. The number of ether oxygens (including phenoxy) is 1. The van der Waals surface area contributed by atoms with Gasteiger partial charge in [0.1, 0.15) is 5.52 Å². The van der Waals surface area contributed by atoms with E-state index in [0.29, 0.717) is 12.5 Å². The summed E-state index contributed by atoms with van der Waals surface area (Å²) in [4.78, 5) is 4.53. The standard InChI is InChI=1S/C20H22N2O2.ClH/c21-16-5-1-3-7-18(16)23-13-14-9-11-15(12-10-14)20-22-17-6-2-4-8-19(17)24-20;/h2,4,6,8-12,16,18H,1,3,5,7,13,21H2;1H/t16-,18+;/m1./s1. The quantitative estimate of drug-likeness (QED) is 0.734. The van der Waals surface area contributed by atoms with Gasteiger partial charge in [-0.3, -0.25) is 0 Å². The largest absolute Gasteiger partial charge is 0.436 e. The van der Waals surface area contributed by atoms with E-state index < -0.39 is 0 Å². The molecule has 0 saturated heterocycles. The fourth-order valence-electron chi connectivity index (χ4n) is 3.27. The Morgan fingerprint density at radius 1 is 1.04 bits per heavy atom. The molecule has 1 heterocycles. The Hall–Kier alpha value is -1.88. The molecule has 25 heavy (non-hydrogen) atoms. The maximum Gasteiger partial charge on any atom is 0.227 e. The van der Waals surface area contributed by atoms with Crippen LogP contribution in [0.15, 0.2) is 52.9 Å². The van der Waals surface area contributed by atoms with Crippen molar-refractivity contribution in [1.82, 2.24) is 4.98 Å². The van der Waals surface area contributed by atoms with Gasteiger partial charge in [0.15, 0.2) is 5.58 Å². The fraction of sp³-hybridized carbons (Fsp3) is 0.350. The van der Waals surface area contributed by atoms with E-state index in [2.05, 4.69) is 17.1 Å². The summed E-state index contributed by atoms with van der Waals surface area (Å²) in [5.74, 6) is 0.651. The van der Waals surface area contributed by atoms with Crippen LogP contribution in [0.5, 0.6) is 0 Å². The Morgan fingerprint density at radius 3 is 2.56 bits per heavy atom. The van der Waals surface area contributed by atoms with E-state index >= 15 is 0 Å². The number of oxazole rings is 1. The molecule has 5 heteroatoms. The van der Waals surface area contributed by atoms with E-state index in [1.807, 2.05) is 36.4 Å². The van der Waals surface area contributed by atoms with Gasteiger partial charge in [0.2, 0.25) is 5.89 Å². The van der Waals surface area contributed by atoms with Crippen LogP contribution in [0.4, 0.5) is 0 Å². The maximum atomic E-state index is 6.13. The summed E-state index contributed by atoms with van der Waals surface area (Å²) < 4.78 is 11.8. The number of nitrogens with two attached hydrogens (primary N) is 1. The van der Waals surface area contributed by atoms with Crippen LogP contribution in [-0.2, 0) is 11.3 Å². The van der Waals surface area contributed by atoms with Crippen molar-refractivity contribution in [3.05, 3.63) is 54.1 Å². The monoisotopic (exact) mass is 358 g/mol. The van der Waals surface area contributed by atoms with Crippen molar-refractivity contribution in [2.75, 3.05) is 0 Å². The van der Waals surface area contributed by atoms with Crippen LogP contribution in [0.1, 0.15) is 31.2 Å². The number of aromatic nitrogens is 1. The predicted molar refractivity (Wildman–Crippen MR) is 102 cm³/mol. The van der Waals surface area contributed by atoms with E-state index in [4.69, 9.17) is 14.9 Å². The van der Waals surface area contributed by atoms with E-state index in [0.717, 1.165) is 35.1 Å². The molecule has 1 aromatic heterocycles. The molecule has 0 bridgehead atoms. The molecule has 0 aliphatic heterocycles. The molecule has 132 valence electrons. The van der Waals surface area contributed by atoms with Crippen LogP contribution < -0.4 is 5.73 Å². The SMILES string of the molecule is Cl.N[C@@H]1CCCC[C@@H]1OCc1ccc(-c2nc3ccccc3o2)cc1. The molecule has 2 atom stereocenters. The van der Waals surface area contributed by atoms with Gasteiger partial charge in [0, 0.05) is 11.6 Å². The van der Waals surface area contributed by atoms with Crippen LogP contribution in [0.2, 0.25) is 0 Å². The Kier molecular flexibility index (Phi) is 5.74. The van der Waals surface area contributed by atoms with E-state index in [1.54, 1.807) is 0 Å². The first-order valence-electron chi connectivity index (χ1n) is 8.62. The Morgan fingerprint density at radius 2 is 1.80 bits per heavy atom. The van der Waals surface area contributed by atoms with Gasteiger partial charge in [-0.25, -0.2) is 4.98 Å². The number of fused-ring (bicyclic) bond motifs is 1. The summed E-state index contributed by atoms with van der Waals surface area (Å²) in [7, 11) is 0. The lowest BCUT2D eigenvalue weighted by molar-refractivity contribution is 0.00405. The maximum absolute atomic E-state index is 6.13. The van der Waals surface area contributed by atoms with Gasteiger partial charge in [-0.1, -0.05) is 37.1 Å². The zero-order valence-electron chi connectivity index (χ0n) is 14.1. The third-order valence-corrected chi connectivity index (χ3v) is 4.71. The van der Waals surface area contributed by atoms with E-state index in [-0.39, 0.29) is 24.6 Å². The number of benzene rings is 2. The molecule has 4 rings (SSSR count). The minimum Gasteiger partial charge on any atom is -0.436 e. The summed E-state index contributed by atoms with van der Waals surface area (Å²) in [6.07, 6.45) is 4.77. The van der Waals surface area contributed by atoms with E-state index in [1.165, 1.54) is 12.8 Å². The molecular weight excluding hydrogens is 336 g/mol. The third kappa shape index (κ3) is 4.03. The lowest BCUT2D eigenvalue weighted by atomic mass is 9.93. The number of hydrogen-bond acceptors (Lipinski definition) is 4. The smallest absolute Gasteiger partial charge is 0.227 e. The summed E-state index contributed by atoms with van der Waals surface area (Å²) in [5, 5.41) is 0. The molecule has 2 N–H and O–H groups in total. The van der Waals surface area contributed by atoms with Gasteiger partial charge in [-0.2, -0.15) is 0 Å². The highest BCUT2D eigenvalue weighted by atomic mass is 35.5. The van der Waals surface area contributed by atoms with Gasteiger partial charge < -0.3 is 14.9 Å². The number of rotatable bonds is 4. The average Bonchev–Trinajstić information content (AvgIpc) is 3.06. The van der Waals surface area contributed by atoms with Crippen LogP contribution in [0.3, 0.4) is 0 Å². The van der Waals surface area contributed by atoms with Gasteiger partial charge in [-0.05, 0) is 42.7 Å². The topological polar surface area (TPSA) is 61.3 Å². The second-order valence-electron chi connectivity index (χ2n) is 6.48. The molecule has 2 aromatic carbocycles. The Bertz CT molecular complexity index is 783. The third-order valence-electron chi connectivity index (χ3n) is 4.71. The molecule has 0 amide bonds. The second-order valence-corrected chi connectivity index (χ2v) is 6.48. The van der Waals surface area contributed by atoms with Crippen molar-refractivity contribution in [2.45, 2.75) is 44.4 Å². The van der Waals surface area contributed by atoms with Crippen LogP contribution in [0, 0.1) is 0 Å². The Balaban J connectivity index is 0.00000182. The molecule has 0 unspecified atom stereocenters. The van der Waals surface area contributed by atoms with Gasteiger partial charge in [0.05, 0.1) is 12.7 Å². The average molecular weight is 359 g/mol. The number of hydrogen-bond donors (Lipinski definition) is 1. The molecule has 3 aromatic rings. The lowest BCUT2D eigenvalue weighted by Gasteiger charge is -2.28. The second kappa shape index (κ2) is 8.00. The van der Waals surface area contributed by atoms with Gasteiger partial charge in [0.25, 0.3) is 0 Å². The summed E-state index contributed by atoms with van der Waals surface area (Å²) >= 11 is 0. The summed E-state index contributed by atoms with van der Waals surface area (Å²) in [6, 6.07) is 16.2. The predicted octanol–water partition coefficient (Wildman–Crippen LogP) is 4.70. The first-order valence-corrected chi connectivity index (χ1v) is 8.62. The molecule has 0 radical (unpaired) electrons. The molecule has 1 aliphatic rings. The molecular formula is C20H23ClN2O2. The minimum atomic E-state index is 0. The number of para-hydroxylation sites is 2. The van der Waals surface area contributed by atoms with Crippen molar-refractivity contribution in [2.24, 2.45) is 5.73 Å². The minimum absolute atomic E-state index is 0. The van der Waals surface area contributed by atoms with Crippen molar-refractivity contribution in [3.63, 3.8) is 0 Å². The molecule has 1 fully saturated rings. The van der Waals surface area contributed by atoms with Crippen molar-refractivity contribution >= 4 is 23.5 Å². The van der Waals surface area contributed by atoms with Crippen LogP contribution in [0.25, 0.3) is 22.6 Å². The van der Waals surface area contributed by atoms with Crippen LogP contribution >= 0.6 is 12.4 Å². The van der Waals surface area contributed by atoms with Gasteiger partial charge in [-0.15, -0.1) is 12.4 Å². The van der Waals surface area contributed by atoms with Crippen molar-refractivity contribution in [3.8, 4) is 11.5 Å². The Labute approximate surface area is 153 Å². The summed E-state index contributed by atoms with van der Waals surface area (Å²) in [6.45, 7) is 0.603. The summed E-state index contributed by atoms with van der Waals surface area (Å²) in [5.41, 5.74) is 9.95. The number of halogens is 1. The highest BCUT2D eigenvalue weighted by molar-refractivity contribution is 5.85. The molecule has 4 nitrogen and oxygen atoms in total. The number of nitrogens with zero attached hydrogens (tertiary/aromatic N) is 1. The normalized spacial score (nSPS) is 20.4. The zero-order valence-corrected chi connectivity index (χ0v) is 14.9. The first-order chi connectivity index (χ1) is 11.8. The van der Waals surface area contributed by atoms with Crippen LogP contribution in [-0.4, -0.2) is 17.1 Å². The van der Waals surface area contributed by atoms with Gasteiger partial charge >= 0.3 is 0 Å². The lowest BCUT2D eigenvalue weighted by Crippen LogP contribution is -2.39. The highest BCUT2D eigenvalue weighted by Crippen LogP contribution is 2.25. The van der Waals surface area contributed by atoms with Crippen molar-refractivity contribution < 1.29 is 9.15 Å².